The molecule has 0 bridgehead atoms. The molecule has 1 heterocycles. The number of nitro benzene ring substituents is 1. The average Bonchev–Trinajstić information content (AvgIpc) is 2.42. The van der Waals surface area contributed by atoms with E-state index in [0.29, 0.717) is 10.7 Å². The molecule has 0 radical (unpaired) electrons. The zero-order valence-electron chi connectivity index (χ0n) is 11.4. The maximum Gasteiger partial charge on any atom is 0.271 e. The minimum atomic E-state index is -0.474. The summed E-state index contributed by atoms with van der Waals surface area (Å²) in [4.78, 5) is 23.1. The van der Waals surface area contributed by atoms with Crippen LogP contribution < -0.4 is 11.1 Å². The third-order valence-electron chi connectivity index (χ3n) is 3.49. The molecule has 1 aromatic rings. The highest BCUT2D eigenvalue weighted by atomic mass is 35.5. The van der Waals surface area contributed by atoms with Gasteiger partial charge in [-0.25, -0.2) is 0 Å². The number of piperidine rings is 1. The molecule has 3 N–H and O–H groups in total. The first kappa shape index (κ1) is 15.5. The fourth-order valence-corrected chi connectivity index (χ4v) is 2.64. The lowest BCUT2D eigenvalue weighted by molar-refractivity contribution is -0.384. The molecular weight excluding hydrogens is 296 g/mol. The molecule has 8 heteroatoms. The zero-order chi connectivity index (χ0) is 15.4. The fourth-order valence-electron chi connectivity index (χ4n) is 2.41. The van der Waals surface area contributed by atoms with Gasteiger partial charge in [-0.3, -0.25) is 19.8 Å². The topological polar surface area (TPSA) is 102 Å². The van der Waals surface area contributed by atoms with Gasteiger partial charge in [0.1, 0.15) is 0 Å². The maximum atomic E-state index is 10.9. The second-order valence-corrected chi connectivity index (χ2v) is 5.49. The minimum Gasteiger partial charge on any atom is -0.381 e. The van der Waals surface area contributed by atoms with Crippen LogP contribution in [0.3, 0.4) is 0 Å². The lowest BCUT2D eigenvalue weighted by Gasteiger charge is -2.32. The lowest BCUT2D eigenvalue weighted by Crippen LogP contribution is -2.42. The number of nitro groups is 1. The van der Waals surface area contributed by atoms with Gasteiger partial charge in [-0.05, 0) is 18.9 Å². The average molecular weight is 313 g/mol. The Balaban J connectivity index is 1.91. The van der Waals surface area contributed by atoms with Gasteiger partial charge in [0.15, 0.2) is 0 Å². The van der Waals surface area contributed by atoms with Crippen molar-refractivity contribution in [2.45, 2.75) is 18.9 Å². The van der Waals surface area contributed by atoms with Gasteiger partial charge in [0.05, 0.1) is 22.2 Å². The van der Waals surface area contributed by atoms with Gasteiger partial charge in [-0.1, -0.05) is 11.6 Å². The molecule has 0 atom stereocenters. The molecule has 1 aliphatic rings. The number of benzene rings is 1. The van der Waals surface area contributed by atoms with Crippen LogP contribution in [0, 0.1) is 10.1 Å². The second kappa shape index (κ2) is 6.73. The molecule has 1 saturated heterocycles. The predicted molar refractivity (Wildman–Crippen MR) is 80.4 cm³/mol. The summed E-state index contributed by atoms with van der Waals surface area (Å²) >= 11 is 6.05. The number of nitrogens with one attached hydrogen (secondary N) is 1. The van der Waals surface area contributed by atoms with E-state index in [2.05, 4.69) is 5.32 Å². The van der Waals surface area contributed by atoms with Gasteiger partial charge in [0.2, 0.25) is 5.91 Å². The van der Waals surface area contributed by atoms with E-state index in [9.17, 15) is 14.9 Å². The summed E-state index contributed by atoms with van der Waals surface area (Å²) in [7, 11) is 0. The number of likely N-dealkylation sites (tertiary alicyclic amines) is 1. The predicted octanol–water partition coefficient (Wildman–Crippen LogP) is 1.61. The number of carbonyl (C=O) groups excluding carboxylic acids is 1. The van der Waals surface area contributed by atoms with Crippen molar-refractivity contribution in [3.05, 3.63) is 33.3 Å². The molecule has 0 spiro atoms. The fraction of sp³-hybridized carbons (Fsp3) is 0.462. The van der Waals surface area contributed by atoms with Crippen LogP contribution in [0.2, 0.25) is 5.02 Å². The van der Waals surface area contributed by atoms with E-state index in [1.54, 1.807) is 6.07 Å². The minimum absolute atomic E-state index is 0.0261. The van der Waals surface area contributed by atoms with Crippen molar-refractivity contribution in [1.29, 1.82) is 0 Å². The van der Waals surface area contributed by atoms with Crippen molar-refractivity contribution in [2.24, 2.45) is 5.73 Å². The van der Waals surface area contributed by atoms with Crippen molar-refractivity contribution in [1.82, 2.24) is 4.90 Å². The van der Waals surface area contributed by atoms with Crippen LogP contribution in [0.15, 0.2) is 18.2 Å². The number of anilines is 1. The van der Waals surface area contributed by atoms with E-state index in [1.807, 2.05) is 4.90 Å². The molecular formula is C13H17ClN4O3. The van der Waals surface area contributed by atoms with Gasteiger partial charge >= 0.3 is 0 Å². The van der Waals surface area contributed by atoms with Crippen LogP contribution in [0.4, 0.5) is 11.4 Å². The molecule has 21 heavy (non-hydrogen) atoms. The SMILES string of the molecule is NC(=O)CN1CCC(Nc2ccc([N+](=O)[O-])cc2Cl)CC1. The number of rotatable bonds is 5. The van der Waals surface area contributed by atoms with Gasteiger partial charge in [0.25, 0.3) is 5.69 Å². The van der Waals surface area contributed by atoms with Gasteiger partial charge in [0, 0.05) is 31.3 Å². The summed E-state index contributed by atoms with van der Waals surface area (Å²) in [5.74, 6) is -0.320. The Bertz CT molecular complexity index is 544. The van der Waals surface area contributed by atoms with Crippen LogP contribution in [-0.2, 0) is 4.79 Å². The van der Waals surface area contributed by atoms with Gasteiger partial charge in [-0.15, -0.1) is 0 Å². The van der Waals surface area contributed by atoms with Crippen LogP contribution in [0.5, 0.6) is 0 Å². The number of hydrogen-bond donors (Lipinski definition) is 2. The number of carbonyl (C=O) groups is 1. The first-order valence-corrected chi connectivity index (χ1v) is 7.04. The third kappa shape index (κ3) is 4.30. The number of hydrogen-bond acceptors (Lipinski definition) is 5. The molecule has 2 rings (SSSR count). The normalized spacial score (nSPS) is 16.6. The Morgan fingerprint density at radius 3 is 2.67 bits per heavy atom. The standard InChI is InChI=1S/C13H17ClN4O3/c14-11-7-10(18(20)21)1-2-12(11)16-9-3-5-17(6-4-9)8-13(15)19/h1-2,7,9,16H,3-6,8H2,(H2,15,19). The van der Waals surface area contributed by atoms with E-state index in [4.69, 9.17) is 17.3 Å². The van der Waals surface area contributed by atoms with E-state index < -0.39 is 4.92 Å². The smallest absolute Gasteiger partial charge is 0.271 e. The summed E-state index contributed by atoms with van der Waals surface area (Å²) in [6, 6.07) is 4.62. The summed E-state index contributed by atoms with van der Waals surface area (Å²) in [6.45, 7) is 1.85. The Kier molecular flexibility index (Phi) is 4.98. The van der Waals surface area contributed by atoms with Crippen LogP contribution in [-0.4, -0.2) is 41.4 Å². The summed E-state index contributed by atoms with van der Waals surface area (Å²) < 4.78 is 0. The van der Waals surface area contributed by atoms with Crippen molar-refractivity contribution < 1.29 is 9.72 Å². The quantitative estimate of drug-likeness (QED) is 0.635. The summed E-state index contributed by atoms with van der Waals surface area (Å²) in [5, 5.41) is 14.3. The highest BCUT2D eigenvalue weighted by Crippen LogP contribution is 2.28. The van der Waals surface area contributed by atoms with Crippen LogP contribution in [0.1, 0.15) is 12.8 Å². The largest absolute Gasteiger partial charge is 0.381 e. The van der Waals surface area contributed by atoms with Crippen molar-refractivity contribution in [3.63, 3.8) is 0 Å². The molecule has 114 valence electrons. The second-order valence-electron chi connectivity index (χ2n) is 5.08. The Labute approximate surface area is 127 Å². The molecule has 0 unspecified atom stereocenters. The number of amides is 1. The molecule has 0 aromatic heterocycles. The zero-order valence-corrected chi connectivity index (χ0v) is 12.2. The molecule has 1 fully saturated rings. The maximum absolute atomic E-state index is 10.9. The van der Waals surface area contributed by atoms with E-state index >= 15 is 0 Å². The van der Waals surface area contributed by atoms with Crippen LogP contribution >= 0.6 is 11.6 Å². The first-order chi connectivity index (χ1) is 9.95. The Morgan fingerprint density at radius 2 is 2.14 bits per heavy atom. The number of halogens is 1. The van der Waals surface area contributed by atoms with Gasteiger partial charge in [-0.2, -0.15) is 0 Å². The van der Waals surface area contributed by atoms with E-state index in [0.717, 1.165) is 25.9 Å². The Morgan fingerprint density at radius 1 is 1.48 bits per heavy atom. The number of non-ortho nitro benzene ring substituents is 1. The Hall–Kier alpha value is -1.86. The third-order valence-corrected chi connectivity index (χ3v) is 3.80. The molecule has 0 saturated carbocycles. The first-order valence-electron chi connectivity index (χ1n) is 6.67. The van der Waals surface area contributed by atoms with E-state index in [1.165, 1.54) is 12.1 Å². The highest BCUT2D eigenvalue weighted by Gasteiger charge is 2.21. The van der Waals surface area contributed by atoms with Crippen molar-refractivity contribution in [3.8, 4) is 0 Å². The molecule has 1 amide bonds. The molecule has 1 aliphatic heterocycles. The van der Waals surface area contributed by atoms with Crippen LogP contribution in [0.25, 0.3) is 0 Å². The summed E-state index contributed by atoms with van der Waals surface area (Å²) in [6.07, 6.45) is 1.72. The number of primary amides is 1. The molecule has 1 aromatic carbocycles. The molecule has 0 aliphatic carbocycles. The highest BCUT2D eigenvalue weighted by molar-refractivity contribution is 6.33. The molecule has 7 nitrogen and oxygen atoms in total. The number of nitrogens with two attached hydrogens (primary N) is 1. The summed E-state index contributed by atoms with van der Waals surface area (Å²) in [5.41, 5.74) is 5.84. The lowest BCUT2D eigenvalue weighted by atomic mass is 10.0. The number of nitrogens with zero attached hydrogens (tertiary/aromatic N) is 2. The van der Waals surface area contributed by atoms with Gasteiger partial charge < -0.3 is 11.1 Å². The van der Waals surface area contributed by atoms with Crippen molar-refractivity contribution in [2.75, 3.05) is 25.0 Å². The van der Waals surface area contributed by atoms with E-state index in [-0.39, 0.29) is 24.2 Å². The monoisotopic (exact) mass is 312 g/mol. The van der Waals surface area contributed by atoms with Crippen molar-refractivity contribution >= 4 is 28.9 Å².